The summed E-state index contributed by atoms with van der Waals surface area (Å²) in [5.74, 6) is 0.964. The van der Waals surface area contributed by atoms with E-state index in [0.29, 0.717) is 53.5 Å². The number of nitrogens with zero attached hydrogens (tertiary/aromatic N) is 3. The van der Waals surface area contributed by atoms with Crippen molar-refractivity contribution in [3.05, 3.63) is 49.5 Å². The zero-order valence-electron chi connectivity index (χ0n) is 17.4. The largest absolute Gasteiger partial charge is 0.493 e. The number of amides is 1. The Morgan fingerprint density at radius 2 is 1.90 bits per heavy atom. The van der Waals surface area contributed by atoms with Gasteiger partial charge in [-0.2, -0.15) is 0 Å². The highest BCUT2D eigenvalue weighted by molar-refractivity contribution is 7.18. The monoisotopic (exact) mass is 429 g/mol. The van der Waals surface area contributed by atoms with Gasteiger partial charge in [0.2, 0.25) is 5.91 Å². The van der Waals surface area contributed by atoms with Crippen LogP contribution in [-0.2, 0) is 24.3 Å². The van der Waals surface area contributed by atoms with Gasteiger partial charge in [-0.3, -0.25) is 14.2 Å². The Balaban J connectivity index is 2.00. The minimum Gasteiger partial charge on any atom is -0.493 e. The van der Waals surface area contributed by atoms with Crippen molar-refractivity contribution in [1.82, 2.24) is 14.0 Å². The van der Waals surface area contributed by atoms with E-state index >= 15 is 0 Å². The topological polar surface area (TPSA) is 82.8 Å². The first-order chi connectivity index (χ1) is 14.4. The molecule has 1 aromatic carbocycles. The molecule has 0 saturated heterocycles. The number of carbonyl (C=O) groups excluding carboxylic acids is 1. The number of thiophene rings is 1. The molecule has 8 nitrogen and oxygen atoms in total. The number of aromatic nitrogens is 2. The summed E-state index contributed by atoms with van der Waals surface area (Å²) in [4.78, 5) is 42.0. The van der Waals surface area contributed by atoms with E-state index in [4.69, 9.17) is 9.47 Å². The fourth-order valence-electron chi connectivity index (χ4n) is 3.95. The number of hydrogen-bond donors (Lipinski definition) is 0. The molecular weight excluding hydrogens is 406 g/mol. The number of rotatable bonds is 4. The summed E-state index contributed by atoms with van der Waals surface area (Å²) in [5, 5.41) is 0.564. The maximum Gasteiger partial charge on any atom is 0.336 e. The van der Waals surface area contributed by atoms with Gasteiger partial charge in [0.1, 0.15) is 4.83 Å². The Morgan fingerprint density at radius 1 is 1.17 bits per heavy atom. The van der Waals surface area contributed by atoms with Gasteiger partial charge in [-0.15, -0.1) is 11.3 Å². The summed E-state index contributed by atoms with van der Waals surface area (Å²) in [6, 6.07) is 4.98. The maximum atomic E-state index is 13.5. The molecule has 0 aliphatic carbocycles. The quantitative estimate of drug-likeness (QED) is 0.635. The fourth-order valence-corrected chi connectivity index (χ4v) is 5.36. The zero-order valence-corrected chi connectivity index (χ0v) is 18.2. The van der Waals surface area contributed by atoms with Crippen LogP contribution in [0.4, 0.5) is 0 Å². The van der Waals surface area contributed by atoms with Crippen molar-refractivity contribution in [1.29, 1.82) is 0 Å². The lowest BCUT2D eigenvalue weighted by atomic mass is 10.1. The lowest BCUT2D eigenvalue weighted by molar-refractivity contribution is -0.129. The van der Waals surface area contributed by atoms with E-state index in [1.165, 1.54) is 30.1 Å². The molecule has 9 heteroatoms. The molecule has 3 heterocycles. The van der Waals surface area contributed by atoms with Gasteiger partial charge in [0.25, 0.3) is 5.56 Å². The minimum absolute atomic E-state index is 0.00808. The SMILES string of the molecule is CCn1c(=O)n(-c2ccc(OC)c(OC)c2)c(=O)c2c3c(sc21)CN(C(C)=O)CC3. The number of hydrogen-bond acceptors (Lipinski definition) is 6. The molecule has 1 aliphatic rings. The van der Waals surface area contributed by atoms with E-state index < -0.39 is 5.69 Å². The molecule has 30 heavy (non-hydrogen) atoms. The molecular formula is C21H23N3O5S. The van der Waals surface area contributed by atoms with Gasteiger partial charge in [0, 0.05) is 31.0 Å². The summed E-state index contributed by atoms with van der Waals surface area (Å²) < 4.78 is 13.4. The van der Waals surface area contributed by atoms with Gasteiger partial charge in [0.15, 0.2) is 11.5 Å². The molecule has 0 fully saturated rings. The smallest absolute Gasteiger partial charge is 0.336 e. The lowest BCUT2D eigenvalue weighted by Gasteiger charge is -2.25. The highest BCUT2D eigenvalue weighted by Gasteiger charge is 2.27. The van der Waals surface area contributed by atoms with Crippen LogP contribution in [0.2, 0.25) is 0 Å². The van der Waals surface area contributed by atoms with Crippen molar-refractivity contribution in [2.45, 2.75) is 33.4 Å². The molecule has 4 rings (SSSR count). The van der Waals surface area contributed by atoms with Crippen molar-refractivity contribution in [2.75, 3.05) is 20.8 Å². The molecule has 1 amide bonds. The van der Waals surface area contributed by atoms with E-state index in [-0.39, 0.29) is 11.5 Å². The van der Waals surface area contributed by atoms with Crippen molar-refractivity contribution in [3.8, 4) is 17.2 Å². The van der Waals surface area contributed by atoms with Crippen LogP contribution in [0.25, 0.3) is 15.9 Å². The third-order valence-corrected chi connectivity index (χ3v) is 6.75. The number of methoxy groups -OCH3 is 2. The van der Waals surface area contributed by atoms with Gasteiger partial charge >= 0.3 is 5.69 Å². The Bertz CT molecular complexity index is 1270. The molecule has 158 valence electrons. The van der Waals surface area contributed by atoms with Gasteiger partial charge in [-0.25, -0.2) is 9.36 Å². The number of ether oxygens (including phenoxy) is 2. The van der Waals surface area contributed by atoms with Crippen molar-refractivity contribution in [2.24, 2.45) is 0 Å². The third-order valence-electron chi connectivity index (χ3n) is 5.51. The number of aryl methyl sites for hydroxylation is 1. The minimum atomic E-state index is -0.399. The summed E-state index contributed by atoms with van der Waals surface area (Å²) in [5.41, 5.74) is 0.617. The van der Waals surface area contributed by atoms with Crippen molar-refractivity contribution in [3.63, 3.8) is 0 Å². The van der Waals surface area contributed by atoms with Crippen LogP contribution < -0.4 is 20.7 Å². The van der Waals surface area contributed by atoms with Crippen LogP contribution in [0.15, 0.2) is 27.8 Å². The maximum absolute atomic E-state index is 13.5. The summed E-state index contributed by atoms with van der Waals surface area (Å²) >= 11 is 1.43. The van der Waals surface area contributed by atoms with Crippen LogP contribution in [-0.4, -0.2) is 40.7 Å². The number of benzene rings is 1. The van der Waals surface area contributed by atoms with Crippen molar-refractivity contribution >= 4 is 27.5 Å². The summed E-state index contributed by atoms with van der Waals surface area (Å²) in [6.07, 6.45) is 0.595. The molecule has 2 aromatic heterocycles. The highest BCUT2D eigenvalue weighted by atomic mass is 32.1. The van der Waals surface area contributed by atoms with Gasteiger partial charge < -0.3 is 14.4 Å². The van der Waals surface area contributed by atoms with Crippen LogP contribution in [0.3, 0.4) is 0 Å². The first-order valence-electron chi connectivity index (χ1n) is 9.69. The van der Waals surface area contributed by atoms with E-state index in [1.807, 2.05) is 6.92 Å². The Labute approximate surface area is 176 Å². The number of carbonyl (C=O) groups is 1. The molecule has 1 aliphatic heterocycles. The van der Waals surface area contributed by atoms with Crippen LogP contribution >= 0.6 is 11.3 Å². The first kappa shape index (κ1) is 20.2. The Hall–Kier alpha value is -3.07. The molecule has 0 atom stereocenters. The lowest BCUT2D eigenvalue weighted by Crippen LogP contribution is -2.39. The molecule has 0 unspecified atom stereocenters. The standard InChI is InChI=1S/C21H23N3O5S/c1-5-23-20-18(14-8-9-22(12(2)25)11-17(14)30-20)19(26)24(21(23)27)13-6-7-15(28-3)16(10-13)29-4/h6-7,10H,5,8-9,11H2,1-4H3. The summed E-state index contributed by atoms with van der Waals surface area (Å²) in [6.45, 7) is 4.89. The van der Waals surface area contributed by atoms with Gasteiger partial charge in [-0.05, 0) is 31.0 Å². The second-order valence-corrected chi connectivity index (χ2v) is 8.16. The van der Waals surface area contributed by atoms with Crippen molar-refractivity contribution < 1.29 is 14.3 Å². The molecule has 0 bridgehead atoms. The first-order valence-corrected chi connectivity index (χ1v) is 10.5. The summed E-state index contributed by atoms with van der Waals surface area (Å²) in [7, 11) is 3.04. The Kier molecular flexibility index (Phi) is 5.15. The predicted octanol–water partition coefficient (Wildman–Crippen LogP) is 2.16. The predicted molar refractivity (Wildman–Crippen MR) is 115 cm³/mol. The fraction of sp³-hybridized carbons (Fsp3) is 0.381. The van der Waals surface area contributed by atoms with Gasteiger partial charge in [-0.1, -0.05) is 0 Å². The van der Waals surface area contributed by atoms with Crippen LogP contribution in [0.1, 0.15) is 24.3 Å². The van der Waals surface area contributed by atoms with Crippen LogP contribution in [0, 0.1) is 0 Å². The third kappa shape index (κ3) is 3.00. The van der Waals surface area contributed by atoms with E-state index in [9.17, 15) is 14.4 Å². The highest BCUT2D eigenvalue weighted by Crippen LogP contribution is 2.34. The second-order valence-electron chi connectivity index (χ2n) is 7.08. The second kappa shape index (κ2) is 7.64. The van der Waals surface area contributed by atoms with E-state index in [0.717, 1.165) is 10.4 Å². The van der Waals surface area contributed by atoms with Crippen LogP contribution in [0.5, 0.6) is 11.5 Å². The van der Waals surface area contributed by atoms with Gasteiger partial charge in [0.05, 0.1) is 31.8 Å². The molecule has 0 N–H and O–H groups in total. The Morgan fingerprint density at radius 3 is 2.53 bits per heavy atom. The molecule has 0 saturated carbocycles. The zero-order chi connectivity index (χ0) is 21.6. The van der Waals surface area contributed by atoms with E-state index in [1.54, 1.807) is 34.6 Å². The molecule has 3 aromatic rings. The average Bonchev–Trinajstić information content (AvgIpc) is 3.12. The molecule has 0 radical (unpaired) electrons. The normalized spacial score (nSPS) is 13.4. The average molecular weight is 429 g/mol. The number of fused-ring (bicyclic) bond motifs is 3. The molecule has 0 spiro atoms. The van der Waals surface area contributed by atoms with E-state index in [2.05, 4.69) is 0 Å².